The fourth-order valence-electron chi connectivity index (χ4n) is 2.46. The molecule has 146 valence electrons. The van der Waals surface area contributed by atoms with Gasteiger partial charge in [-0.25, -0.2) is 0 Å². The normalized spacial score (nSPS) is 12.3. The molecule has 0 saturated heterocycles. The van der Waals surface area contributed by atoms with Crippen LogP contribution in [0.1, 0.15) is 31.7 Å². The van der Waals surface area contributed by atoms with Gasteiger partial charge in [0.05, 0.1) is 17.4 Å². The number of benzene rings is 2. The van der Waals surface area contributed by atoms with E-state index in [-0.39, 0.29) is 17.4 Å². The molecule has 2 aromatic rings. The molecule has 0 aliphatic carbocycles. The molecule has 0 radical (unpaired) electrons. The summed E-state index contributed by atoms with van der Waals surface area (Å²) in [5.41, 5.74) is 1.32. The standard InChI is InChI=1S/C21H19Cl2NO4/c1-3-5-15(12-19(25)26)14-8-10-16(11-9-14)24-21(27)13(2)28-18-7-4-6-17(22)20(18)23/h4,6-11,13,15H,12H2,1-2H3,(H,24,27)(H,25,26). The Labute approximate surface area is 173 Å². The number of ether oxygens (including phenoxy) is 1. The average Bonchev–Trinajstić information content (AvgIpc) is 2.65. The molecule has 1 amide bonds. The van der Waals surface area contributed by atoms with Crippen LogP contribution in [0, 0.1) is 11.8 Å². The van der Waals surface area contributed by atoms with Crippen LogP contribution in [0.2, 0.25) is 10.0 Å². The van der Waals surface area contributed by atoms with E-state index in [1.165, 1.54) is 0 Å². The summed E-state index contributed by atoms with van der Waals surface area (Å²) in [4.78, 5) is 23.4. The van der Waals surface area contributed by atoms with Gasteiger partial charge in [0.2, 0.25) is 0 Å². The van der Waals surface area contributed by atoms with E-state index in [1.807, 2.05) is 0 Å². The van der Waals surface area contributed by atoms with Gasteiger partial charge in [-0.2, -0.15) is 0 Å². The van der Waals surface area contributed by atoms with Crippen LogP contribution in [0.5, 0.6) is 5.75 Å². The molecule has 28 heavy (non-hydrogen) atoms. The summed E-state index contributed by atoms with van der Waals surface area (Å²) < 4.78 is 5.59. The Balaban J connectivity index is 2.04. The van der Waals surface area contributed by atoms with Gasteiger partial charge in [-0.3, -0.25) is 9.59 Å². The molecule has 0 saturated carbocycles. The molecule has 0 aliphatic rings. The number of carboxylic acids is 1. The van der Waals surface area contributed by atoms with Crippen molar-refractivity contribution in [1.82, 2.24) is 0 Å². The zero-order chi connectivity index (χ0) is 20.7. The van der Waals surface area contributed by atoms with Crippen LogP contribution in [-0.4, -0.2) is 23.1 Å². The van der Waals surface area contributed by atoms with E-state index < -0.39 is 18.0 Å². The molecule has 0 heterocycles. The summed E-state index contributed by atoms with van der Waals surface area (Å²) in [6, 6.07) is 11.8. The van der Waals surface area contributed by atoms with E-state index in [9.17, 15) is 9.59 Å². The second-order valence-electron chi connectivity index (χ2n) is 5.97. The summed E-state index contributed by atoms with van der Waals surface area (Å²) in [6.45, 7) is 3.26. The molecule has 2 N–H and O–H groups in total. The van der Waals surface area contributed by atoms with Crippen LogP contribution in [0.15, 0.2) is 42.5 Å². The SMILES string of the molecule is CC#CC(CC(=O)O)c1ccc(NC(=O)C(C)Oc2cccc(Cl)c2Cl)cc1. The third-order valence-electron chi connectivity index (χ3n) is 3.87. The topological polar surface area (TPSA) is 75.6 Å². The molecular formula is C21H19Cl2NO4. The summed E-state index contributed by atoms with van der Waals surface area (Å²) in [5, 5.41) is 12.3. The van der Waals surface area contributed by atoms with Crippen LogP contribution < -0.4 is 10.1 Å². The Morgan fingerprint density at radius 1 is 1.18 bits per heavy atom. The Morgan fingerprint density at radius 3 is 2.46 bits per heavy atom. The van der Waals surface area contributed by atoms with E-state index in [4.69, 9.17) is 33.0 Å². The van der Waals surface area contributed by atoms with Crippen molar-refractivity contribution in [3.8, 4) is 17.6 Å². The van der Waals surface area contributed by atoms with Gasteiger partial charge in [0, 0.05) is 5.69 Å². The quantitative estimate of drug-likeness (QED) is 0.620. The Hall–Kier alpha value is -2.68. The number of aliphatic carboxylic acids is 1. The third kappa shape index (κ3) is 5.91. The number of anilines is 1. The van der Waals surface area contributed by atoms with Crippen LogP contribution in [-0.2, 0) is 9.59 Å². The highest BCUT2D eigenvalue weighted by Gasteiger charge is 2.18. The predicted molar refractivity (Wildman–Crippen MR) is 110 cm³/mol. The van der Waals surface area contributed by atoms with Crippen molar-refractivity contribution in [1.29, 1.82) is 0 Å². The third-order valence-corrected chi connectivity index (χ3v) is 4.67. The highest BCUT2D eigenvalue weighted by molar-refractivity contribution is 6.42. The number of carboxylic acid groups (broad SMARTS) is 1. The van der Waals surface area contributed by atoms with Crippen molar-refractivity contribution in [3.05, 3.63) is 58.1 Å². The van der Waals surface area contributed by atoms with Crippen LogP contribution in [0.4, 0.5) is 5.69 Å². The zero-order valence-corrected chi connectivity index (χ0v) is 16.8. The predicted octanol–water partition coefficient (Wildman–Crippen LogP) is 4.98. The largest absolute Gasteiger partial charge is 0.481 e. The second-order valence-corrected chi connectivity index (χ2v) is 6.75. The molecule has 0 spiro atoms. The van der Waals surface area contributed by atoms with Crippen LogP contribution >= 0.6 is 23.2 Å². The van der Waals surface area contributed by atoms with Crippen molar-refractivity contribution in [3.63, 3.8) is 0 Å². The van der Waals surface area contributed by atoms with Crippen molar-refractivity contribution < 1.29 is 19.4 Å². The van der Waals surface area contributed by atoms with E-state index in [0.717, 1.165) is 5.56 Å². The summed E-state index contributed by atoms with van der Waals surface area (Å²) in [5.74, 6) is 4.27. The highest BCUT2D eigenvalue weighted by atomic mass is 35.5. The van der Waals surface area contributed by atoms with Crippen molar-refractivity contribution in [2.75, 3.05) is 5.32 Å². The van der Waals surface area contributed by atoms with E-state index in [0.29, 0.717) is 16.5 Å². The number of halogens is 2. The molecule has 2 aromatic carbocycles. The molecule has 2 unspecified atom stereocenters. The Kier molecular flexibility index (Phi) is 7.74. The lowest BCUT2D eigenvalue weighted by atomic mass is 9.96. The van der Waals surface area contributed by atoms with Crippen molar-refractivity contribution in [2.24, 2.45) is 0 Å². The summed E-state index contributed by atoms with van der Waals surface area (Å²) in [7, 11) is 0. The van der Waals surface area contributed by atoms with Gasteiger partial charge in [-0.1, -0.05) is 47.3 Å². The lowest BCUT2D eigenvalue weighted by Crippen LogP contribution is -2.30. The molecular weight excluding hydrogens is 401 g/mol. The number of carbonyl (C=O) groups excluding carboxylic acids is 1. The number of nitrogens with one attached hydrogen (secondary N) is 1. The second kappa shape index (κ2) is 10.0. The first-order valence-corrected chi connectivity index (χ1v) is 9.23. The van der Waals surface area contributed by atoms with Gasteiger partial charge < -0.3 is 15.2 Å². The maximum Gasteiger partial charge on any atom is 0.304 e. The lowest BCUT2D eigenvalue weighted by molar-refractivity contribution is -0.137. The first-order chi connectivity index (χ1) is 13.3. The molecule has 2 atom stereocenters. The molecule has 0 aliphatic heterocycles. The Morgan fingerprint density at radius 2 is 1.86 bits per heavy atom. The lowest BCUT2D eigenvalue weighted by Gasteiger charge is -2.16. The molecule has 5 nitrogen and oxygen atoms in total. The maximum absolute atomic E-state index is 12.4. The van der Waals surface area contributed by atoms with Gasteiger partial charge in [-0.15, -0.1) is 5.92 Å². The van der Waals surface area contributed by atoms with Gasteiger partial charge in [0.1, 0.15) is 10.8 Å². The first kappa shape index (κ1) is 21.6. The summed E-state index contributed by atoms with van der Waals surface area (Å²) >= 11 is 12.0. The van der Waals surface area contributed by atoms with Gasteiger partial charge >= 0.3 is 5.97 Å². The fourth-order valence-corrected chi connectivity index (χ4v) is 2.80. The van der Waals surface area contributed by atoms with Gasteiger partial charge in [0.15, 0.2) is 6.10 Å². The smallest absolute Gasteiger partial charge is 0.304 e. The highest BCUT2D eigenvalue weighted by Crippen LogP contribution is 2.32. The number of carbonyl (C=O) groups is 2. The number of hydrogen-bond donors (Lipinski definition) is 2. The molecule has 7 heteroatoms. The van der Waals surface area contributed by atoms with Crippen molar-refractivity contribution >= 4 is 40.8 Å². The minimum atomic E-state index is -0.921. The van der Waals surface area contributed by atoms with E-state index in [2.05, 4.69) is 17.2 Å². The van der Waals surface area contributed by atoms with Crippen LogP contribution in [0.3, 0.4) is 0 Å². The zero-order valence-electron chi connectivity index (χ0n) is 15.3. The fraction of sp³-hybridized carbons (Fsp3) is 0.238. The van der Waals surface area contributed by atoms with E-state index >= 15 is 0 Å². The average molecular weight is 420 g/mol. The first-order valence-electron chi connectivity index (χ1n) is 8.47. The maximum atomic E-state index is 12.4. The van der Waals surface area contributed by atoms with E-state index in [1.54, 1.807) is 56.3 Å². The number of amides is 1. The molecule has 0 fully saturated rings. The minimum absolute atomic E-state index is 0.0855. The Bertz CT molecular complexity index is 916. The molecule has 2 rings (SSSR count). The van der Waals surface area contributed by atoms with Crippen LogP contribution in [0.25, 0.3) is 0 Å². The van der Waals surface area contributed by atoms with Gasteiger partial charge in [0.25, 0.3) is 5.91 Å². The molecule has 0 bridgehead atoms. The monoisotopic (exact) mass is 419 g/mol. The van der Waals surface area contributed by atoms with Gasteiger partial charge in [-0.05, 0) is 43.7 Å². The summed E-state index contributed by atoms with van der Waals surface area (Å²) in [6.07, 6.45) is -0.890. The number of hydrogen-bond acceptors (Lipinski definition) is 3. The number of rotatable bonds is 7. The minimum Gasteiger partial charge on any atom is -0.481 e. The molecule has 0 aromatic heterocycles. The van der Waals surface area contributed by atoms with Crippen molar-refractivity contribution in [2.45, 2.75) is 32.3 Å².